The van der Waals surface area contributed by atoms with Gasteiger partial charge in [-0.3, -0.25) is 9.59 Å². The lowest BCUT2D eigenvalue weighted by molar-refractivity contribution is -0.145. The Morgan fingerprint density at radius 3 is 2.68 bits per heavy atom. The van der Waals surface area contributed by atoms with Crippen molar-refractivity contribution in [2.45, 2.75) is 6.42 Å². The predicted octanol–water partition coefficient (Wildman–Crippen LogP) is 3.49. The van der Waals surface area contributed by atoms with Gasteiger partial charge in [-0.2, -0.15) is 0 Å². The summed E-state index contributed by atoms with van der Waals surface area (Å²) in [4.78, 5) is 30.1. The van der Waals surface area contributed by atoms with Crippen LogP contribution in [-0.4, -0.2) is 30.5 Å². The fourth-order valence-corrected chi connectivity index (χ4v) is 4.03. The van der Waals surface area contributed by atoms with Crippen LogP contribution in [0.25, 0.3) is 20.8 Å². The molecular formula is C19H16N2O3S. The van der Waals surface area contributed by atoms with Crippen molar-refractivity contribution in [3.05, 3.63) is 48.5 Å². The second-order valence-electron chi connectivity index (χ2n) is 5.96. The molecule has 2 heterocycles. The maximum absolute atomic E-state index is 12.2. The number of para-hydroxylation sites is 1. The highest BCUT2D eigenvalue weighted by Gasteiger charge is 2.35. The fourth-order valence-electron chi connectivity index (χ4n) is 3.06. The number of aromatic nitrogens is 1. The molecule has 1 aliphatic rings. The number of methoxy groups -OCH3 is 1. The third-order valence-corrected chi connectivity index (χ3v) is 5.46. The van der Waals surface area contributed by atoms with Crippen LogP contribution in [0.2, 0.25) is 0 Å². The topological polar surface area (TPSA) is 59.5 Å². The lowest BCUT2D eigenvalue weighted by atomic mass is 10.1. The van der Waals surface area contributed by atoms with E-state index in [0.29, 0.717) is 6.54 Å². The van der Waals surface area contributed by atoms with E-state index in [1.54, 1.807) is 16.2 Å². The quantitative estimate of drug-likeness (QED) is 0.677. The van der Waals surface area contributed by atoms with Crippen LogP contribution in [0.15, 0.2) is 48.5 Å². The summed E-state index contributed by atoms with van der Waals surface area (Å²) in [5.41, 5.74) is 2.80. The van der Waals surface area contributed by atoms with E-state index < -0.39 is 0 Å². The molecule has 0 N–H and O–H groups in total. The number of carbonyl (C=O) groups excluding carboxylic acids is 2. The molecule has 1 amide bonds. The molecule has 0 unspecified atom stereocenters. The molecule has 2 aromatic carbocycles. The highest BCUT2D eigenvalue weighted by molar-refractivity contribution is 7.21. The average Bonchev–Trinajstić information content (AvgIpc) is 3.24. The Balaban J connectivity index is 1.58. The Kier molecular flexibility index (Phi) is 3.97. The number of nitrogens with zero attached hydrogens (tertiary/aromatic N) is 2. The number of hydrogen-bond acceptors (Lipinski definition) is 5. The second kappa shape index (κ2) is 6.29. The number of hydrogen-bond donors (Lipinski definition) is 0. The van der Waals surface area contributed by atoms with Gasteiger partial charge in [0.1, 0.15) is 5.01 Å². The minimum Gasteiger partial charge on any atom is -0.469 e. The number of thiazole rings is 1. The number of rotatable bonds is 3. The van der Waals surface area contributed by atoms with Crippen LogP contribution >= 0.6 is 11.3 Å². The maximum Gasteiger partial charge on any atom is 0.311 e. The number of fused-ring (bicyclic) bond motifs is 1. The van der Waals surface area contributed by atoms with Gasteiger partial charge in [-0.1, -0.05) is 12.1 Å². The molecule has 1 aromatic heterocycles. The smallest absolute Gasteiger partial charge is 0.311 e. The summed E-state index contributed by atoms with van der Waals surface area (Å²) in [6.07, 6.45) is 0.201. The Morgan fingerprint density at radius 1 is 1.20 bits per heavy atom. The number of esters is 1. The molecule has 1 atom stereocenters. The molecule has 4 rings (SSSR count). The van der Waals surface area contributed by atoms with Crippen LogP contribution in [0.3, 0.4) is 0 Å². The highest BCUT2D eigenvalue weighted by atomic mass is 32.1. The van der Waals surface area contributed by atoms with Crippen LogP contribution in [0.1, 0.15) is 6.42 Å². The summed E-state index contributed by atoms with van der Waals surface area (Å²) in [6.45, 7) is 0.367. The van der Waals surface area contributed by atoms with Crippen molar-refractivity contribution in [2.24, 2.45) is 5.92 Å². The van der Waals surface area contributed by atoms with Crippen molar-refractivity contribution in [1.82, 2.24) is 4.98 Å². The van der Waals surface area contributed by atoms with Gasteiger partial charge in [0, 0.05) is 24.2 Å². The lowest BCUT2D eigenvalue weighted by Gasteiger charge is -2.16. The average molecular weight is 352 g/mol. The van der Waals surface area contributed by atoms with E-state index in [2.05, 4.69) is 11.1 Å². The van der Waals surface area contributed by atoms with Gasteiger partial charge >= 0.3 is 5.97 Å². The summed E-state index contributed by atoms with van der Waals surface area (Å²) in [5, 5.41) is 0.952. The molecule has 0 spiro atoms. The van der Waals surface area contributed by atoms with Gasteiger partial charge < -0.3 is 9.64 Å². The Labute approximate surface area is 148 Å². The van der Waals surface area contributed by atoms with Crippen molar-refractivity contribution < 1.29 is 14.3 Å². The van der Waals surface area contributed by atoms with Gasteiger partial charge in [-0.15, -0.1) is 11.3 Å². The molecule has 25 heavy (non-hydrogen) atoms. The van der Waals surface area contributed by atoms with Crippen LogP contribution in [0, 0.1) is 5.92 Å². The third-order valence-electron chi connectivity index (χ3n) is 4.38. The normalized spacial score (nSPS) is 17.2. The van der Waals surface area contributed by atoms with Crippen molar-refractivity contribution in [3.8, 4) is 10.6 Å². The van der Waals surface area contributed by atoms with E-state index >= 15 is 0 Å². The first-order valence-corrected chi connectivity index (χ1v) is 8.81. The van der Waals surface area contributed by atoms with Gasteiger partial charge in [0.05, 0.1) is 23.2 Å². The summed E-state index contributed by atoms with van der Waals surface area (Å²) in [6, 6.07) is 15.8. The lowest BCUT2D eigenvalue weighted by Crippen LogP contribution is -2.26. The maximum atomic E-state index is 12.2. The first-order valence-electron chi connectivity index (χ1n) is 8.00. The summed E-state index contributed by atoms with van der Waals surface area (Å²) >= 11 is 1.64. The molecule has 6 heteroatoms. The predicted molar refractivity (Wildman–Crippen MR) is 97.5 cm³/mol. The molecule has 5 nitrogen and oxygen atoms in total. The van der Waals surface area contributed by atoms with Crippen molar-refractivity contribution in [3.63, 3.8) is 0 Å². The number of ether oxygens (including phenoxy) is 1. The molecule has 0 bridgehead atoms. The van der Waals surface area contributed by atoms with Crippen molar-refractivity contribution in [2.75, 3.05) is 18.6 Å². The molecule has 0 aliphatic carbocycles. The Morgan fingerprint density at radius 2 is 1.96 bits per heavy atom. The standard InChI is InChI=1S/C19H16N2O3S/c1-24-19(23)13-10-17(22)21(11-13)14-8-6-12(7-9-14)18-20-15-4-2-3-5-16(15)25-18/h2-9,13H,10-11H2,1H3/t13-/m0/s1. The van der Waals surface area contributed by atoms with E-state index in [1.807, 2.05) is 42.5 Å². The minimum absolute atomic E-state index is 0.0527. The number of amides is 1. The van der Waals surface area contributed by atoms with Gasteiger partial charge in [-0.25, -0.2) is 4.98 Å². The highest BCUT2D eigenvalue weighted by Crippen LogP contribution is 2.32. The number of carbonyl (C=O) groups is 2. The Bertz CT molecular complexity index is 916. The van der Waals surface area contributed by atoms with Crippen LogP contribution < -0.4 is 4.90 Å². The molecule has 1 aliphatic heterocycles. The second-order valence-corrected chi connectivity index (χ2v) is 6.99. The van der Waals surface area contributed by atoms with E-state index in [9.17, 15) is 9.59 Å². The SMILES string of the molecule is COC(=O)[C@H]1CC(=O)N(c2ccc(-c3nc4ccccc4s3)cc2)C1. The van der Waals surface area contributed by atoms with Crippen LogP contribution in [0.5, 0.6) is 0 Å². The largest absolute Gasteiger partial charge is 0.469 e. The Hall–Kier alpha value is -2.73. The van der Waals surface area contributed by atoms with E-state index in [0.717, 1.165) is 26.5 Å². The van der Waals surface area contributed by atoms with E-state index in [4.69, 9.17) is 4.74 Å². The zero-order valence-electron chi connectivity index (χ0n) is 13.6. The fraction of sp³-hybridized carbons (Fsp3) is 0.211. The zero-order valence-corrected chi connectivity index (χ0v) is 14.5. The number of benzene rings is 2. The monoisotopic (exact) mass is 352 g/mol. The van der Waals surface area contributed by atoms with Crippen LogP contribution in [0.4, 0.5) is 5.69 Å². The molecular weight excluding hydrogens is 336 g/mol. The molecule has 3 aromatic rings. The molecule has 0 saturated carbocycles. The molecule has 126 valence electrons. The van der Waals surface area contributed by atoms with Gasteiger partial charge in [0.2, 0.25) is 5.91 Å². The van der Waals surface area contributed by atoms with E-state index in [1.165, 1.54) is 7.11 Å². The molecule has 1 saturated heterocycles. The van der Waals surface area contributed by atoms with Gasteiger partial charge in [0.15, 0.2) is 0 Å². The molecule has 0 radical (unpaired) electrons. The van der Waals surface area contributed by atoms with Crippen molar-refractivity contribution >= 4 is 39.1 Å². The molecule has 1 fully saturated rings. The van der Waals surface area contributed by atoms with Crippen LogP contribution in [-0.2, 0) is 14.3 Å². The summed E-state index contributed by atoms with van der Waals surface area (Å²) in [5.74, 6) is -0.772. The van der Waals surface area contributed by atoms with Gasteiger partial charge in [0.25, 0.3) is 0 Å². The van der Waals surface area contributed by atoms with E-state index in [-0.39, 0.29) is 24.2 Å². The third kappa shape index (κ3) is 2.89. The zero-order chi connectivity index (χ0) is 17.4. The first-order chi connectivity index (χ1) is 12.2. The van der Waals surface area contributed by atoms with Crippen molar-refractivity contribution in [1.29, 1.82) is 0 Å². The summed E-state index contributed by atoms with van der Waals surface area (Å²) < 4.78 is 5.90. The minimum atomic E-state index is -0.388. The number of anilines is 1. The first kappa shape index (κ1) is 15.8. The van der Waals surface area contributed by atoms with Gasteiger partial charge in [-0.05, 0) is 36.4 Å². The summed E-state index contributed by atoms with van der Waals surface area (Å²) in [7, 11) is 1.35.